The van der Waals surface area contributed by atoms with Crippen LogP contribution in [0.15, 0.2) is 0 Å². The van der Waals surface area contributed by atoms with E-state index < -0.39 is 11.9 Å². The van der Waals surface area contributed by atoms with Gasteiger partial charge in [-0.1, -0.05) is 59.3 Å². The maximum Gasteiger partial charge on any atom is 1.00 e. The largest absolute Gasteiger partial charge is 1.00 e. The number of aliphatic carboxylic acids is 2. The van der Waals surface area contributed by atoms with Gasteiger partial charge in [-0.3, -0.25) is 0 Å². The summed E-state index contributed by atoms with van der Waals surface area (Å²) in [4.78, 5) is 20.2. The number of hydrogen-bond donors (Lipinski definition) is 0. The molecule has 0 aromatic carbocycles. The fourth-order valence-corrected chi connectivity index (χ4v) is 1.81. The summed E-state index contributed by atoms with van der Waals surface area (Å²) in [5.74, 6) is -2.03. The van der Waals surface area contributed by atoms with Crippen LogP contribution >= 0.6 is 0 Å². The minimum absolute atomic E-state index is 0. The van der Waals surface area contributed by atoms with Crippen LogP contribution < -0.4 is 69.3 Å². The number of carbonyl (C=O) groups is 2. The van der Waals surface area contributed by atoms with E-state index in [1.807, 2.05) is 6.92 Å². The molecule has 0 aromatic rings. The average Bonchev–Trinajstić information content (AvgIpc) is 2.39. The Bertz CT molecular complexity index is 248. The molecule has 0 aliphatic rings. The summed E-state index contributed by atoms with van der Waals surface area (Å²) in [6.45, 7) is 6.08. The molecule has 0 saturated carbocycles. The first kappa shape index (κ1) is 30.8. The fraction of sp³-hybridized carbons (Fsp3) is 0.875. The first-order chi connectivity index (χ1) is 9.49. The third-order valence-corrected chi connectivity index (χ3v) is 3.22. The van der Waals surface area contributed by atoms with Crippen molar-refractivity contribution in [3.8, 4) is 0 Å². The van der Waals surface area contributed by atoms with Crippen LogP contribution in [0.1, 0.15) is 85.0 Å². The minimum atomic E-state index is -0.920. The second-order valence-corrected chi connectivity index (χ2v) is 5.10. The Morgan fingerprint density at radius 3 is 1.68 bits per heavy atom. The number of carbonyl (C=O) groups excluding carboxylic acids is 2. The Labute approximate surface area is 180 Å². The predicted octanol–water partition coefficient (Wildman–Crippen LogP) is -3.94. The van der Waals surface area contributed by atoms with Crippen molar-refractivity contribution in [1.29, 1.82) is 0 Å². The van der Waals surface area contributed by atoms with Crippen molar-refractivity contribution in [3.05, 3.63) is 0 Å². The summed E-state index contributed by atoms with van der Waals surface area (Å²) in [6, 6.07) is 0. The molecule has 6 heteroatoms. The van der Waals surface area contributed by atoms with Crippen LogP contribution in [0.25, 0.3) is 0 Å². The monoisotopic (exact) mass is 332 g/mol. The van der Waals surface area contributed by atoms with Gasteiger partial charge < -0.3 is 19.8 Å². The molecule has 0 aromatic heterocycles. The summed E-state index contributed by atoms with van der Waals surface area (Å²) < 4.78 is 0. The normalized spacial score (nSPS) is 10.3. The van der Waals surface area contributed by atoms with Crippen LogP contribution in [0, 0.1) is 5.92 Å². The number of unbranched alkanes of at least 4 members (excludes halogenated alkanes) is 5. The Balaban J connectivity index is -0.000000135. The Morgan fingerprint density at radius 2 is 1.32 bits per heavy atom. The zero-order valence-electron chi connectivity index (χ0n) is 15.3. The third-order valence-electron chi connectivity index (χ3n) is 3.22. The second-order valence-electron chi connectivity index (χ2n) is 5.10. The van der Waals surface area contributed by atoms with Crippen LogP contribution in [0.4, 0.5) is 0 Å². The quantitative estimate of drug-likeness (QED) is 0.286. The van der Waals surface area contributed by atoms with Crippen LogP contribution in [-0.4, -0.2) is 11.9 Å². The van der Waals surface area contributed by atoms with E-state index in [0.29, 0.717) is 6.42 Å². The van der Waals surface area contributed by atoms with Crippen LogP contribution in [0.3, 0.4) is 0 Å². The van der Waals surface area contributed by atoms with Crippen molar-refractivity contribution in [1.82, 2.24) is 0 Å². The van der Waals surface area contributed by atoms with Crippen LogP contribution in [0.2, 0.25) is 0 Å². The second kappa shape index (κ2) is 24.2. The standard InChI is InChI=1S/2C8H16O2.2Na/c1-3-5-6-7(4-2)8(9)10;1-2-3-4-5-6-7-8(9)10;;/h7H,3-6H2,1-2H3,(H,9,10);2-7H2,1H3,(H,9,10);;/q;;2*+1/p-2. The fourth-order valence-electron chi connectivity index (χ4n) is 1.81. The van der Waals surface area contributed by atoms with Gasteiger partial charge in [0, 0.05) is 11.9 Å². The SMILES string of the molecule is CCCCC(CC)C(=O)[O-].CCCCCCCC(=O)[O-].[Na+].[Na+]. The van der Waals surface area contributed by atoms with E-state index in [0.717, 1.165) is 38.5 Å². The summed E-state index contributed by atoms with van der Waals surface area (Å²) in [6.07, 6.45) is 9.13. The summed E-state index contributed by atoms with van der Waals surface area (Å²) >= 11 is 0. The molecule has 0 fully saturated rings. The molecule has 1 atom stereocenters. The molecule has 0 N–H and O–H groups in total. The van der Waals surface area contributed by atoms with E-state index in [2.05, 4.69) is 13.8 Å². The maximum atomic E-state index is 10.3. The van der Waals surface area contributed by atoms with E-state index in [1.54, 1.807) is 0 Å². The first-order valence-corrected chi connectivity index (χ1v) is 7.90. The molecule has 4 nitrogen and oxygen atoms in total. The molecule has 0 heterocycles. The molecular formula is C16H30Na2O4. The van der Waals surface area contributed by atoms with Gasteiger partial charge in [-0.2, -0.15) is 0 Å². The van der Waals surface area contributed by atoms with E-state index in [1.165, 1.54) is 12.8 Å². The molecule has 0 spiro atoms. The number of carboxylic acids is 2. The van der Waals surface area contributed by atoms with Crippen molar-refractivity contribution in [2.24, 2.45) is 5.92 Å². The van der Waals surface area contributed by atoms with E-state index in [-0.39, 0.29) is 71.5 Å². The maximum absolute atomic E-state index is 10.3. The number of carboxylic acid groups (broad SMARTS) is 2. The zero-order valence-corrected chi connectivity index (χ0v) is 19.3. The van der Waals surface area contributed by atoms with Crippen molar-refractivity contribution in [2.75, 3.05) is 0 Å². The molecule has 0 aliphatic carbocycles. The molecule has 120 valence electrons. The van der Waals surface area contributed by atoms with Gasteiger partial charge in [-0.25, -0.2) is 0 Å². The topological polar surface area (TPSA) is 80.3 Å². The molecule has 22 heavy (non-hydrogen) atoms. The van der Waals surface area contributed by atoms with E-state index in [4.69, 9.17) is 0 Å². The molecule has 0 bridgehead atoms. The van der Waals surface area contributed by atoms with E-state index >= 15 is 0 Å². The molecular weight excluding hydrogens is 302 g/mol. The molecule has 0 saturated heterocycles. The van der Waals surface area contributed by atoms with Crippen LogP contribution in [0.5, 0.6) is 0 Å². The van der Waals surface area contributed by atoms with Gasteiger partial charge in [0.05, 0.1) is 0 Å². The van der Waals surface area contributed by atoms with Gasteiger partial charge in [-0.15, -0.1) is 0 Å². The van der Waals surface area contributed by atoms with Crippen molar-refractivity contribution >= 4 is 11.9 Å². The third kappa shape index (κ3) is 25.9. The van der Waals surface area contributed by atoms with E-state index in [9.17, 15) is 19.8 Å². The molecule has 0 radical (unpaired) electrons. The Hall–Kier alpha value is 0.940. The molecule has 0 amide bonds. The molecule has 0 aliphatic heterocycles. The molecule has 1 unspecified atom stereocenters. The van der Waals surface area contributed by atoms with Gasteiger partial charge in [0.2, 0.25) is 0 Å². The first-order valence-electron chi connectivity index (χ1n) is 7.90. The Morgan fingerprint density at radius 1 is 0.818 bits per heavy atom. The van der Waals surface area contributed by atoms with Crippen LogP contribution in [-0.2, 0) is 9.59 Å². The average molecular weight is 332 g/mol. The van der Waals surface area contributed by atoms with Crippen molar-refractivity contribution in [2.45, 2.75) is 85.0 Å². The van der Waals surface area contributed by atoms with Crippen molar-refractivity contribution in [3.63, 3.8) is 0 Å². The summed E-state index contributed by atoms with van der Waals surface area (Å²) in [5, 5.41) is 20.2. The van der Waals surface area contributed by atoms with Crippen molar-refractivity contribution < 1.29 is 78.9 Å². The number of rotatable bonds is 11. The summed E-state index contributed by atoms with van der Waals surface area (Å²) in [5.41, 5.74) is 0. The number of hydrogen-bond acceptors (Lipinski definition) is 4. The Kier molecular flexibility index (Phi) is 33.9. The predicted molar refractivity (Wildman–Crippen MR) is 76.7 cm³/mol. The summed E-state index contributed by atoms with van der Waals surface area (Å²) in [7, 11) is 0. The molecule has 0 rings (SSSR count). The zero-order chi connectivity index (χ0) is 15.8. The van der Waals surface area contributed by atoms with Gasteiger partial charge >= 0.3 is 59.1 Å². The van der Waals surface area contributed by atoms with Gasteiger partial charge in [0.25, 0.3) is 0 Å². The van der Waals surface area contributed by atoms with Gasteiger partial charge in [0.1, 0.15) is 0 Å². The van der Waals surface area contributed by atoms with Gasteiger partial charge in [0.15, 0.2) is 0 Å². The minimum Gasteiger partial charge on any atom is -0.550 e. The smallest absolute Gasteiger partial charge is 0.550 e. The van der Waals surface area contributed by atoms with Gasteiger partial charge in [-0.05, 0) is 31.6 Å².